The Morgan fingerprint density at radius 3 is 2.45 bits per heavy atom. The average Bonchev–Trinajstić information content (AvgIpc) is 2.48. The van der Waals surface area contributed by atoms with Crippen LogP contribution in [0, 0.1) is 11.3 Å². The molecule has 0 aliphatic carbocycles. The molecule has 1 aromatic carbocycles. The standard InChI is InChI=1S/C15H16Br2N2O3/c1-22-15(21)13(5-3-2-4-6-18)19-14(20)10-7-11(16)9-12(17)8-10/h7-9,13H,2-5H2,1H3,(H,19,20)/t13-/m1/s1. The number of unbranched alkanes of at least 4 members (excludes halogenated alkanes) is 2. The number of nitriles is 1. The largest absolute Gasteiger partial charge is 0.467 e. The van der Waals surface area contributed by atoms with Crippen LogP contribution in [0.2, 0.25) is 0 Å². The van der Waals surface area contributed by atoms with Gasteiger partial charge in [-0.3, -0.25) is 4.79 Å². The van der Waals surface area contributed by atoms with Crippen molar-refractivity contribution in [3.63, 3.8) is 0 Å². The molecule has 0 spiro atoms. The van der Waals surface area contributed by atoms with E-state index < -0.39 is 12.0 Å². The number of amides is 1. The van der Waals surface area contributed by atoms with Gasteiger partial charge in [-0.1, -0.05) is 31.9 Å². The molecule has 7 heteroatoms. The molecule has 0 saturated carbocycles. The highest BCUT2D eigenvalue weighted by atomic mass is 79.9. The monoisotopic (exact) mass is 430 g/mol. The molecule has 0 saturated heterocycles. The minimum atomic E-state index is -0.714. The predicted molar refractivity (Wildman–Crippen MR) is 89.2 cm³/mol. The van der Waals surface area contributed by atoms with Gasteiger partial charge in [0.15, 0.2) is 0 Å². The van der Waals surface area contributed by atoms with E-state index in [9.17, 15) is 9.59 Å². The van der Waals surface area contributed by atoms with Crippen molar-refractivity contribution in [2.45, 2.75) is 31.7 Å². The van der Waals surface area contributed by atoms with Crippen molar-refractivity contribution in [1.82, 2.24) is 5.32 Å². The molecule has 0 aliphatic heterocycles. The van der Waals surface area contributed by atoms with Gasteiger partial charge in [0.2, 0.25) is 0 Å². The average molecular weight is 432 g/mol. The predicted octanol–water partition coefficient (Wildman–Crippen LogP) is 3.57. The zero-order chi connectivity index (χ0) is 16.5. The van der Waals surface area contributed by atoms with Gasteiger partial charge < -0.3 is 10.1 Å². The first-order valence-electron chi connectivity index (χ1n) is 6.69. The van der Waals surface area contributed by atoms with Gasteiger partial charge in [-0.15, -0.1) is 0 Å². The maximum absolute atomic E-state index is 12.3. The fourth-order valence-electron chi connectivity index (χ4n) is 1.87. The summed E-state index contributed by atoms with van der Waals surface area (Å²) < 4.78 is 6.24. The van der Waals surface area contributed by atoms with Gasteiger partial charge in [0.05, 0.1) is 13.2 Å². The Kier molecular flexibility index (Phi) is 8.13. The number of methoxy groups -OCH3 is 1. The smallest absolute Gasteiger partial charge is 0.328 e. The van der Waals surface area contributed by atoms with Crippen LogP contribution in [0.5, 0.6) is 0 Å². The van der Waals surface area contributed by atoms with E-state index in [0.29, 0.717) is 31.2 Å². The van der Waals surface area contributed by atoms with Gasteiger partial charge in [-0.2, -0.15) is 5.26 Å². The van der Waals surface area contributed by atoms with Gasteiger partial charge >= 0.3 is 5.97 Å². The molecular weight excluding hydrogens is 416 g/mol. The second-order valence-electron chi connectivity index (χ2n) is 4.61. The molecule has 1 rings (SSSR count). The molecule has 118 valence electrons. The quantitative estimate of drug-likeness (QED) is 0.528. The molecule has 0 aliphatic rings. The van der Waals surface area contributed by atoms with Crippen LogP contribution in [-0.2, 0) is 9.53 Å². The van der Waals surface area contributed by atoms with Gasteiger partial charge in [0.25, 0.3) is 5.91 Å². The van der Waals surface area contributed by atoms with Crippen LogP contribution in [-0.4, -0.2) is 25.0 Å². The van der Waals surface area contributed by atoms with E-state index in [4.69, 9.17) is 10.00 Å². The van der Waals surface area contributed by atoms with Crippen molar-refractivity contribution in [2.75, 3.05) is 7.11 Å². The molecular formula is C15H16Br2N2O3. The van der Waals surface area contributed by atoms with Crippen molar-refractivity contribution < 1.29 is 14.3 Å². The summed E-state index contributed by atoms with van der Waals surface area (Å²) in [7, 11) is 1.28. The van der Waals surface area contributed by atoms with Crippen molar-refractivity contribution in [3.8, 4) is 6.07 Å². The molecule has 0 aromatic heterocycles. The number of benzene rings is 1. The Labute approximate surface area is 146 Å². The highest BCUT2D eigenvalue weighted by Crippen LogP contribution is 2.20. The minimum Gasteiger partial charge on any atom is -0.467 e. The second-order valence-corrected chi connectivity index (χ2v) is 6.44. The highest BCUT2D eigenvalue weighted by molar-refractivity contribution is 9.11. The number of carbonyl (C=O) groups is 2. The zero-order valence-corrected chi connectivity index (χ0v) is 15.2. The minimum absolute atomic E-state index is 0.349. The zero-order valence-electron chi connectivity index (χ0n) is 12.1. The number of hydrogen-bond donors (Lipinski definition) is 1. The molecule has 0 radical (unpaired) electrons. The fourth-order valence-corrected chi connectivity index (χ4v) is 3.16. The first kappa shape index (κ1) is 18.7. The molecule has 5 nitrogen and oxygen atoms in total. The number of rotatable bonds is 7. The van der Waals surface area contributed by atoms with Crippen molar-refractivity contribution in [1.29, 1.82) is 5.26 Å². The molecule has 0 unspecified atom stereocenters. The van der Waals surface area contributed by atoms with Crippen LogP contribution in [0.1, 0.15) is 36.0 Å². The van der Waals surface area contributed by atoms with E-state index in [1.807, 2.05) is 12.1 Å². The summed E-state index contributed by atoms with van der Waals surface area (Å²) in [6.07, 6.45) is 2.22. The van der Waals surface area contributed by atoms with Crippen molar-refractivity contribution in [3.05, 3.63) is 32.7 Å². The Morgan fingerprint density at radius 1 is 1.27 bits per heavy atom. The van der Waals surface area contributed by atoms with Crippen LogP contribution in [0.15, 0.2) is 27.1 Å². The third-order valence-corrected chi connectivity index (χ3v) is 3.86. The maximum Gasteiger partial charge on any atom is 0.328 e. The number of ether oxygens (including phenoxy) is 1. The Morgan fingerprint density at radius 2 is 1.91 bits per heavy atom. The summed E-state index contributed by atoms with van der Waals surface area (Å²) in [4.78, 5) is 24.0. The van der Waals surface area contributed by atoms with E-state index in [2.05, 4.69) is 37.2 Å². The molecule has 0 bridgehead atoms. The van der Waals surface area contributed by atoms with Crippen LogP contribution in [0.3, 0.4) is 0 Å². The fraction of sp³-hybridized carbons (Fsp3) is 0.400. The highest BCUT2D eigenvalue weighted by Gasteiger charge is 2.22. The summed E-state index contributed by atoms with van der Waals surface area (Å²) in [5.74, 6) is -0.836. The van der Waals surface area contributed by atoms with Gasteiger partial charge in [-0.05, 0) is 37.5 Å². The summed E-state index contributed by atoms with van der Waals surface area (Å²) in [6.45, 7) is 0. The summed E-state index contributed by atoms with van der Waals surface area (Å²) in [5, 5.41) is 11.2. The van der Waals surface area contributed by atoms with E-state index in [-0.39, 0.29) is 5.91 Å². The molecule has 1 amide bonds. The number of nitrogens with one attached hydrogen (secondary N) is 1. The third-order valence-electron chi connectivity index (χ3n) is 2.95. The van der Waals surface area contributed by atoms with Gasteiger partial charge in [-0.25, -0.2) is 4.79 Å². The number of halogens is 2. The Hall–Kier alpha value is -1.39. The first-order valence-corrected chi connectivity index (χ1v) is 8.28. The van der Waals surface area contributed by atoms with E-state index in [1.54, 1.807) is 12.1 Å². The SMILES string of the molecule is COC(=O)[C@@H](CCCCC#N)NC(=O)c1cc(Br)cc(Br)c1. The lowest BCUT2D eigenvalue weighted by molar-refractivity contribution is -0.143. The van der Waals surface area contributed by atoms with Crippen LogP contribution >= 0.6 is 31.9 Å². The van der Waals surface area contributed by atoms with Crippen LogP contribution in [0.4, 0.5) is 0 Å². The van der Waals surface area contributed by atoms with Crippen molar-refractivity contribution in [2.24, 2.45) is 0 Å². The topological polar surface area (TPSA) is 79.2 Å². The maximum atomic E-state index is 12.3. The van der Waals surface area contributed by atoms with E-state index in [0.717, 1.165) is 8.95 Å². The molecule has 1 N–H and O–H groups in total. The summed E-state index contributed by atoms with van der Waals surface area (Å²) >= 11 is 6.63. The number of esters is 1. The number of hydrogen-bond acceptors (Lipinski definition) is 4. The van der Waals surface area contributed by atoms with Crippen LogP contribution < -0.4 is 5.32 Å². The first-order chi connectivity index (χ1) is 10.5. The third kappa shape index (κ3) is 6.16. The molecule has 22 heavy (non-hydrogen) atoms. The summed E-state index contributed by atoms with van der Waals surface area (Å²) in [5.41, 5.74) is 0.437. The normalized spacial score (nSPS) is 11.4. The van der Waals surface area contributed by atoms with Gasteiger partial charge in [0, 0.05) is 20.9 Å². The Bertz CT molecular complexity index is 564. The Balaban J connectivity index is 2.73. The van der Waals surface area contributed by atoms with Crippen LogP contribution in [0.25, 0.3) is 0 Å². The lowest BCUT2D eigenvalue weighted by Gasteiger charge is -2.16. The molecule has 1 aromatic rings. The second kappa shape index (κ2) is 9.59. The lowest BCUT2D eigenvalue weighted by atomic mass is 10.1. The lowest BCUT2D eigenvalue weighted by Crippen LogP contribution is -2.41. The van der Waals surface area contributed by atoms with Crippen molar-refractivity contribution >= 4 is 43.7 Å². The van der Waals surface area contributed by atoms with Gasteiger partial charge in [0.1, 0.15) is 6.04 Å². The number of carbonyl (C=O) groups excluding carboxylic acids is 2. The van der Waals surface area contributed by atoms with E-state index in [1.165, 1.54) is 7.11 Å². The molecule has 0 fully saturated rings. The van der Waals surface area contributed by atoms with E-state index >= 15 is 0 Å². The summed E-state index contributed by atoms with van der Waals surface area (Å²) in [6, 6.07) is 6.49. The number of nitrogens with zero attached hydrogens (tertiary/aromatic N) is 1. The molecule has 0 heterocycles. The molecule has 1 atom stereocenters.